The maximum atomic E-state index is 10.2. The topological polar surface area (TPSA) is 148 Å². The molecule has 7 amide bonds. The van der Waals surface area contributed by atoms with Crippen LogP contribution in [-0.2, 0) is 4.79 Å². The first-order valence-electron chi connectivity index (χ1n) is 3.57. The van der Waals surface area contributed by atoms with Crippen molar-refractivity contribution in [3.05, 3.63) is 0 Å². The largest absolute Gasteiger partial charge is 0.355 e. The Bertz CT molecular complexity index is 312. The standard InChI is InChI=1S/C3H5ClN2O2.C2H3Cl2N3O2/c4-1-2(7)6-3(5)8;3-6-2(9)7(4)1(5)8/h1H2,(H3,5,6,7,8);(H2,5,8)(H,6,9). The zero-order chi connectivity index (χ0) is 14.0. The number of amides is 7. The Labute approximate surface area is 111 Å². The third-order valence-corrected chi connectivity index (χ3v) is 1.56. The zero-order valence-corrected chi connectivity index (χ0v) is 10.3. The van der Waals surface area contributed by atoms with Crippen molar-refractivity contribution in [3.63, 3.8) is 0 Å². The van der Waals surface area contributed by atoms with E-state index in [1.54, 1.807) is 10.2 Å². The van der Waals surface area contributed by atoms with Crippen molar-refractivity contribution in [2.24, 2.45) is 11.5 Å². The molecular formula is C5H8Cl3N5O4. The number of nitrogens with one attached hydrogen (secondary N) is 2. The normalized spacial score (nSPS) is 8.18. The maximum Gasteiger partial charge on any atom is 0.355 e. The first kappa shape index (κ1) is 17.9. The first-order valence-corrected chi connectivity index (χ1v) is 4.82. The van der Waals surface area contributed by atoms with Crippen LogP contribution in [0.3, 0.4) is 0 Å². The molecule has 0 spiro atoms. The number of hydrogen-bond acceptors (Lipinski definition) is 4. The second-order valence-corrected chi connectivity index (χ2v) is 2.86. The lowest BCUT2D eigenvalue weighted by Gasteiger charge is -2.04. The number of alkyl halides is 1. The predicted molar refractivity (Wildman–Crippen MR) is 60.1 cm³/mol. The number of halogens is 3. The van der Waals surface area contributed by atoms with Crippen molar-refractivity contribution in [2.75, 3.05) is 5.88 Å². The highest BCUT2D eigenvalue weighted by Crippen LogP contribution is 1.93. The highest BCUT2D eigenvalue weighted by Gasteiger charge is 2.14. The quantitative estimate of drug-likeness (QED) is 0.392. The van der Waals surface area contributed by atoms with Crippen LogP contribution in [0.1, 0.15) is 0 Å². The Hall–Kier alpha value is -1.45. The lowest BCUT2D eigenvalue weighted by molar-refractivity contribution is -0.117. The molecule has 6 N–H and O–H groups in total. The summed E-state index contributed by atoms with van der Waals surface area (Å²) in [5.41, 5.74) is 9.09. The average molecular weight is 309 g/mol. The number of hydrogen-bond donors (Lipinski definition) is 4. The van der Waals surface area contributed by atoms with Crippen molar-refractivity contribution < 1.29 is 19.2 Å². The van der Waals surface area contributed by atoms with Crippen LogP contribution in [0, 0.1) is 0 Å². The monoisotopic (exact) mass is 307 g/mol. The van der Waals surface area contributed by atoms with Gasteiger partial charge in [-0.15, -0.1) is 11.6 Å². The zero-order valence-electron chi connectivity index (χ0n) is 8.08. The lowest BCUT2D eigenvalue weighted by Crippen LogP contribution is -2.36. The van der Waals surface area contributed by atoms with Crippen LogP contribution in [0.15, 0.2) is 0 Å². The fourth-order valence-corrected chi connectivity index (χ4v) is 0.545. The fourth-order valence-electron chi connectivity index (χ4n) is 0.308. The highest BCUT2D eigenvalue weighted by atomic mass is 35.5. The van der Waals surface area contributed by atoms with Gasteiger partial charge < -0.3 is 11.5 Å². The van der Waals surface area contributed by atoms with Gasteiger partial charge in [-0.25, -0.2) is 19.2 Å². The number of carbonyl (C=O) groups is 4. The van der Waals surface area contributed by atoms with E-state index in [0.29, 0.717) is 0 Å². The first-order chi connectivity index (χ1) is 7.76. The second kappa shape index (κ2) is 9.75. The summed E-state index contributed by atoms with van der Waals surface area (Å²) >= 11 is 14.7. The smallest absolute Gasteiger partial charge is 0.351 e. The number of primary amides is 2. The van der Waals surface area contributed by atoms with Crippen molar-refractivity contribution >= 4 is 59.2 Å². The van der Waals surface area contributed by atoms with Gasteiger partial charge in [0.05, 0.1) is 0 Å². The molecule has 0 radical (unpaired) electrons. The molecule has 0 rings (SSSR count). The summed E-state index contributed by atoms with van der Waals surface area (Å²) in [6.07, 6.45) is 0. The molecule has 0 heterocycles. The Balaban J connectivity index is 0. The van der Waals surface area contributed by atoms with Crippen LogP contribution >= 0.6 is 35.2 Å². The number of carbonyl (C=O) groups excluding carboxylic acids is 4. The van der Waals surface area contributed by atoms with Crippen molar-refractivity contribution in [1.29, 1.82) is 0 Å². The molecule has 0 unspecified atom stereocenters. The summed E-state index contributed by atoms with van der Waals surface area (Å²) in [6, 6.07) is -2.95. The third-order valence-electron chi connectivity index (χ3n) is 0.837. The molecule has 17 heavy (non-hydrogen) atoms. The number of imide groups is 2. The van der Waals surface area contributed by atoms with E-state index in [-0.39, 0.29) is 10.3 Å². The molecule has 0 saturated heterocycles. The molecule has 0 bridgehead atoms. The molecule has 0 fully saturated rings. The Morgan fingerprint density at radius 1 is 1.18 bits per heavy atom. The summed E-state index contributed by atoms with van der Waals surface area (Å²) in [4.78, 5) is 41.7. The van der Waals surface area contributed by atoms with Crippen LogP contribution in [0.25, 0.3) is 0 Å². The molecule has 98 valence electrons. The van der Waals surface area contributed by atoms with Gasteiger partial charge in [-0.1, -0.05) is 0 Å². The second-order valence-electron chi connectivity index (χ2n) is 2.06. The van der Waals surface area contributed by atoms with Crippen molar-refractivity contribution in [3.8, 4) is 0 Å². The molecule has 0 aromatic carbocycles. The summed E-state index contributed by atoms with van der Waals surface area (Å²) in [6.45, 7) is 0. The highest BCUT2D eigenvalue weighted by molar-refractivity contribution is 6.33. The average Bonchev–Trinajstić information content (AvgIpc) is 2.26. The van der Waals surface area contributed by atoms with E-state index in [2.05, 4.69) is 11.5 Å². The molecule has 0 aliphatic carbocycles. The lowest BCUT2D eigenvalue weighted by atomic mass is 10.7. The fraction of sp³-hybridized carbons (Fsp3) is 0.200. The Morgan fingerprint density at radius 2 is 1.65 bits per heavy atom. The van der Waals surface area contributed by atoms with Gasteiger partial charge in [0.2, 0.25) is 5.91 Å². The Morgan fingerprint density at radius 3 is 1.76 bits per heavy atom. The molecular weight excluding hydrogens is 300 g/mol. The number of urea groups is 3. The van der Waals surface area contributed by atoms with Crippen LogP contribution in [-0.4, -0.2) is 34.3 Å². The van der Waals surface area contributed by atoms with Crippen LogP contribution in [0.5, 0.6) is 0 Å². The van der Waals surface area contributed by atoms with Gasteiger partial charge in [0, 0.05) is 23.6 Å². The van der Waals surface area contributed by atoms with Crippen LogP contribution in [0.4, 0.5) is 14.4 Å². The van der Waals surface area contributed by atoms with E-state index in [4.69, 9.17) is 35.2 Å². The van der Waals surface area contributed by atoms with Gasteiger partial charge in [-0.3, -0.25) is 10.1 Å². The van der Waals surface area contributed by atoms with E-state index in [0.717, 1.165) is 0 Å². The van der Waals surface area contributed by atoms with Gasteiger partial charge in [0.25, 0.3) is 0 Å². The third kappa shape index (κ3) is 10.8. The SMILES string of the molecule is NC(=O)N(Cl)C(=O)NCl.NC(=O)NC(=O)CCl. The number of nitrogens with zero attached hydrogens (tertiary/aromatic N) is 1. The maximum absolute atomic E-state index is 10.2. The molecule has 0 aliphatic rings. The minimum absolute atomic E-state index is 0.118. The minimum atomic E-state index is -1.09. The van der Waals surface area contributed by atoms with E-state index in [1.165, 1.54) is 0 Å². The molecule has 0 atom stereocenters. The van der Waals surface area contributed by atoms with Gasteiger partial charge in [-0.2, -0.15) is 4.42 Å². The van der Waals surface area contributed by atoms with Crippen molar-refractivity contribution in [1.82, 2.24) is 14.6 Å². The van der Waals surface area contributed by atoms with Crippen LogP contribution < -0.4 is 21.6 Å². The van der Waals surface area contributed by atoms with Gasteiger partial charge in [-0.05, 0) is 0 Å². The summed E-state index contributed by atoms with van der Waals surface area (Å²) in [5, 5.41) is 1.76. The number of rotatable bonds is 1. The number of nitrogens with two attached hydrogens (primary N) is 2. The summed E-state index contributed by atoms with van der Waals surface area (Å²) in [5.74, 6) is -0.831. The molecule has 12 heteroatoms. The molecule has 0 aliphatic heterocycles. The predicted octanol–water partition coefficient (Wildman–Crippen LogP) is -0.196. The molecule has 0 saturated carbocycles. The summed E-state index contributed by atoms with van der Waals surface area (Å²) < 4.78 is 0.118. The van der Waals surface area contributed by atoms with E-state index in [9.17, 15) is 19.2 Å². The van der Waals surface area contributed by atoms with E-state index < -0.39 is 24.0 Å². The molecule has 0 aromatic heterocycles. The van der Waals surface area contributed by atoms with E-state index in [1.807, 2.05) is 0 Å². The Kier molecular flexibility index (Phi) is 10.3. The molecule has 9 nitrogen and oxygen atoms in total. The van der Waals surface area contributed by atoms with Gasteiger partial charge in [0.1, 0.15) is 5.88 Å². The van der Waals surface area contributed by atoms with Gasteiger partial charge in [0.15, 0.2) is 0 Å². The minimum Gasteiger partial charge on any atom is -0.351 e. The van der Waals surface area contributed by atoms with Crippen LogP contribution in [0.2, 0.25) is 0 Å². The van der Waals surface area contributed by atoms with E-state index >= 15 is 0 Å². The summed E-state index contributed by atoms with van der Waals surface area (Å²) in [7, 11) is 0. The van der Waals surface area contributed by atoms with Gasteiger partial charge >= 0.3 is 18.1 Å². The molecule has 0 aromatic rings. The van der Waals surface area contributed by atoms with Crippen molar-refractivity contribution in [2.45, 2.75) is 0 Å².